The van der Waals surface area contributed by atoms with E-state index in [9.17, 15) is 0 Å². The highest BCUT2D eigenvalue weighted by Gasteiger charge is 2.25. The fourth-order valence-corrected chi connectivity index (χ4v) is 2.04. The number of methoxy groups -OCH3 is 1. The lowest BCUT2D eigenvalue weighted by Gasteiger charge is -2.28. The summed E-state index contributed by atoms with van der Waals surface area (Å²) in [6, 6.07) is 1.44. The maximum Gasteiger partial charge on any atom is 0.0711 e. The van der Waals surface area contributed by atoms with Crippen LogP contribution in [0.3, 0.4) is 0 Å². The van der Waals surface area contributed by atoms with Crippen LogP contribution in [-0.4, -0.2) is 38.4 Å². The minimum atomic E-state index is 0.438. The SMILES string of the molecule is COC1CNC(CNC2CCC2)C1. The second kappa shape index (κ2) is 4.40. The van der Waals surface area contributed by atoms with Crippen LogP contribution < -0.4 is 10.6 Å². The highest BCUT2D eigenvalue weighted by molar-refractivity contribution is 4.86. The molecule has 2 aliphatic rings. The summed E-state index contributed by atoms with van der Waals surface area (Å²) in [4.78, 5) is 0. The quantitative estimate of drug-likeness (QED) is 0.668. The van der Waals surface area contributed by atoms with E-state index in [1.165, 1.54) is 19.3 Å². The Bertz CT molecular complexity index is 159. The molecule has 2 unspecified atom stereocenters. The van der Waals surface area contributed by atoms with Crippen molar-refractivity contribution in [2.24, 2.45) is 0 Å². The number of rotatable bonds is 4. The van der Waals surface area contributed by atoms with Gasteiger partial charge in [0.05, 0.1) is 6.10 Å². The van der Waals surface area contributed by atoms with E-state index >= 15 is 0 Å². The van der Waals surface area contributed by atoms with E-state index in [0.29, 0.717) is 12.1 Å². The molecule has 2 rings (SSSR count). The molecule has 0 amide bonds. The van der Waals surface area contributed by atoms with E-state index in [1.54, 1.807) is 7.11 Å². The Kier molecular flexibility index (Phi) is 3.19. The van der Waals surface area contributed by atoms with Crippen LogP contribution in [0.4, 0.5) is 0 Å². The molecule has 0 spiro atoms. The van der Waals surface area contributed by atoms with Crippen LogP contribution in [0, 0.1) is 0 Å². The van der Waals surface area contributed by atoms with E-state index in [-0.39, 0.29) is 0 Å². The zero-order chi connectivity index (χ0) is 9.10. The van der Waals surface area contributed by atoms with Gasteiger partial charge in [-0.1, -0.05) is 6.42 Å². The summed E-state index contributed by atoms with van der Waals surface area (Å²) in [6.45, 7) is 2.14. The molecule has 3 heteroatoms. The van der Waals surface area contributed by atoms with Crippen LogP contribution in [0.15, 0.2) is 0 Å². The van der Waals surface area contributed by atoms with Gasteiger partial charge in [0.2, 0.25) is 0 Å². The van der Waals surface area contributed by atoms with Gasteiger partial charge in [-0.15, -0.1) is 0 Å². The molecular formula is C10H20N2O. The first kappa shape index (κ1) is 9.44. The number of hydrogen-bond donors (Lipinski definition) is 2. The Morgan fingerprint density at radius 3 is 2.85 bits per heavy atom. The average Bonchev–Trinajstić information content (AvgIpc) is 2.49. The molecule has 0 aromatic rings. The summed E-state index contributed by atoms with van der Waals surface area (Å²) in [5.74, 6) is 0. The van der Waals surface area contributed by atoms with E-state index in [4.69, 9.17) is 4.74 Å². The first-order valence-corrected chi connectivity index (χ1v) is 5.38. The number of hydrogen-bond acceptors (Lipinski definition) is 3. The summed E-state index contributed by atoms with van der Waals surface area (Å²) in [5, 5.41) is 7.06. The van der Waals surface area contributed by atoms with Crippen LogP contribution in [0.2, 0.25) is 0 Å². The zero-order valence-electron chi connectivity index (χ0n) is 8.38. The maximum atomic E-state index is 5.30. The number of nitrogens with one attached hydrogen (secondary N) is 2. The molecule has 3 nitrogen and oxygen atoms in total. The fourth-order valence-electron chi connectivity index (χ4n) is 2.04. The third-order valence-corrected chi connectivity index (χ3v) is 3.27. The molecule has 2 N–H and O–H groups in total. The average molecular weight is 184 g/mol. The predicted molar refractivity (Wildman–Crippen MR) is 52.8 cm³/mol. The molecule has 0 radical (unpaired) electrons. The second-order valence-corrected chi connectivity index (χ2v) is 4.23. The highest BCUT2D eigenvalue weighted by Crippen LogP contribution is 2.18. The first-order chi connectivity index (χ1) is 6.38. The molecule has 2 fully saturated rings. The lowest BCUT2D eigenvalue weighted by Crippen LogP contribution is -2.42. The summed E-state index contributed by atoms with van der Waals surface area (Å²) in [7, 11) is 1.80. The van der Waals surface area contributed by atoms with Gasteiger partial charge in [0, 0.05) is 32.3 Å². The van der Waals surface area contributed by atoms with Crippen molar-refractivity contribution in [2.45, 2.75) is 43.9 Å². The van der Waals surface area contributed by atoms with E-state index < -0.39 is 0 Å². The highest BCUT2D eigenvalue weighted by atomic mass is 16.5. The Hall–Kier alpha value is -0.120. The Labute approximate surface area is 80.2 Å². The smallest absolute Gasteiger partial charge is 0.0711 e. The molecule has 1 aliphatic carbocycles. The summed E-state index contributed by atoms with van der Waals surface area (Å²) < 4.78 is 5.30. The topological polar surface area (TPSA) is 33.3 Å². The normalized spacial score (nSPS) is 34.8. The monoisotopic (exact) mass is 184 g/mol. The van der Waals surface area contributed by atoms with Crippen molar-refractivity contribution >= 4 is 0 Å². The Balaban J connectivity index is 1.59. The van der Waals surface area contributed by atoms with Gasteiger partial charge in [0.25, 0.3) is 0 Å². The van der Waals surface area contributed by atoms with E-state index in [0.717, 1.165) is 25.6 Å². The molecule has 0 aromatic heterocycles. The van der Waals surface area contributed by atoms with E-state index in [1.807, 2.05) is 0 Å². The van der Waals surface area contributed by atoms with Crippen LogP contribution in [-0.2, 0) is 4.74 Å². The van der Waals surface area contributed by atoms with Crippen molar-refractivity contribution in [3.63, 3.8) is 0 Å². The van der Waals surface area contributed by atoms with Crippen molar-refractivity contribution in [2.75, 3.05) is 20.2 Å². The lowest BCUT2D eigenvalue weighted by atomic mass is 9.93. The molecule has 2 atom stereocenters. The third kappa shape index (κ3) is 2.42. The van der Waals surface area contributed by atoms with E-state index in [2.05, 4.69) is 10.6 Å². The molecule has 1 aliphatic heterocycles. The number of ether oxygens (including phenoxy) is 1. The zero-order valence-corrected chi connectivity index (χ0v) is 8.38. The summed E-state index contributed by atoms with van der Waals surface area (Å²) in [6.07, 6.45) is 5.77. The fraction of sp³-hybridized carbons (Fsp3) is 1.00. The molecule has 76 valence electrons. The van der Waals surface area contributed by atoms with Crippen LogP contribution in [0.5, 0.6) is 0 Å². The predicted octanol–water partition coefficient (Wildman–Crippen LogP) is 0.505. The summed E-state index contributed by atoms with van der Waals surface area (Å²) in [5.41, 5.74) is 0. The molecule has 0 bridgehead atoms. The molecular weight excluding hydrogens is 164 g/mol. The minimum Gasteiger partial charge on any atom is -0.380 e. The largest absolute Gasteiger partial charge is 0.380 e. The third-order valence-electron chi connectivity index (χ3n) is 3.27. The Morgan fingerprint density at radius 2 is 2.31 bits per heavy atom. The van der Waals surface area contributed by atoms with Crippen molar-refractivity contribution in [1.82, 2.24) is 10.6 Å². The van der Waals surface area contributed by atoms with Crippen molar-refractivity contribution in [3.05, 3.63) is 0 Å². The van der Waals surface area contributed by atoms with Crippen molar-refractivity contribution in [1.29, 1.82) is 0 Å². The van der Waals surface area contributed by atoms with Crippen LogP contribution >= 0.6 is 0 Å². The van der Waals surface area contributed by atoms with Gasteiger partial charge in [-0.2, -0.15) is 0 Å². The van der Waals surface area contributed by atoms with Crippen molar-refractivity contribution < 1.29 is 4.74 Å². The van der Waals surface area contributed by atoms with Crippen LogP contribution in [0.1, 0.15) is 25.7 Å². The lowest BCUT2D eigenvalue weighted by molar-refractivity contribution is 0.117. The van der Waals surface area contributed by atoms with Crippen molar-refractivity contribution in [3.8, 4) is 0 Å². The van der Waals surface area contributed by atoms with Gasteiger partial charge >= 0.3 is 0 Å². The van der Waals surface area contributed by atoms with Gasteiger partial charge in [-0.05, 0) is 19.3 Å². The molecule has 13 heavy (non-hydrogen) atoms. The molecule has 0 aromatic carbocycles. The standard InChI is InChI=1S/C10H20N2O/c1-13-10-5-9(12-7-10)6-11-8-3-2-4-8/h8-12H,2-7H2,1H3. The van der Waals surface area contributed by atoms with Gasteiger partial charge in [0.15, 0.2) is 0 Å². The maximum absolute atomic E-state index is 5.30. The Morgan fingerprint density at radius 1 is 1.46 bits per heavy atom. The van der Waals surface area contributed by atoms with Gasteiger partial charge in [0.1, 0.15) is 0 Å². The van der Waals surface area contributed by atoms with Gasteiger partial charge in [-0.3, -0.25) is 0 Å². The first-order valence-electron chi connectivity index (χ1n) is 5.38. The van der Waals surface area contributed by atoms with Crippen LogP contribution in [0.25, 0.3) is 0 Å². The summed E-state index contributed by atoms with van der Waals surface area (Å²) >= 11 is 0. The molecule has 1 saturated carbocycles. The second-order valence-electron chi connectivity index (χ2n) is 4.23. The minimum absolute atomic E-state index is 0.438. The van der Waals surface area contributed by atoms with Gasteiger partial charge in [-0.25, -0.2) is 0 Å². The molecule has 1 heterocycles. The van der Waals surface area contributed by atoms with Gasteiger partial charge < -0.3 is 15.4 Å². The molecule has 1 saturated heterocycles.